The van der Waals surface area contributed by atoms with Crippen LogP contribution in [0.2, 0.25) is 0 Å². The Labute approximate surface area is 175 Å². The average Bonchev–Trinajstić information content (AvgIpc) is 3.38. The van der Waals surface area contributed by atoms with Crippen molar-refractivity contribution < 1.29 is 14.7 Å². The molecule has 0 bridgehead atoms. The fourth-order valence-electron chi connectivity index (χ4n) is 2.80. The average molecular weight is 421 g/mol. The van der Waals surface area contributed by atoms with Gasteiger partial charge in [0.15, 0.2) is 5.13 Å². The highest BCUT2D eigenvalue weighted by atomic mass is 32.1. The minimum absolute atomic E-state index is 0.0949. The molecule has 2 aromatic carbocycles. The second-order valence-electron chi connectivity index (χ2n) is 6.29. The largest absolute Gasteiger partial charge is 0.478 e. The molecule has 4 rings (SSSR count). The Morgan fingerprint density at radius 2 is 1.66 bits per heavy atom. The number of carbonyl (C=O) groups is 2. The van der Waals surface area contributed by atoms with Crippen LogP contribution in [-0.4, -0.2) is 22.0 Å². The number of carbonyl (C=O) groups excluding carboxylic acids is 1. The van der Waals surface area contributed by atoms with Crippen LogP contribution in [-0.2, 0) is 11.2 Å². The lowest BCUT2D eigenvalue weighted by molar-refractivity contribution is -0.115. The summed E-state index contributed by atoms with van der Waals surface area (Å²) in [6.07, 6.45) is 0.311. The number of aromatic carboxylic acids is 1. The fraction of sp³-hybridized carbons (Fsp3) is 0.0455. The van der Waals surface area contributed by atoms with Gasteiger partial charge in [0.1, 0.15) is 0 Å². The Balaban J connectivity index is 1.44. The van der Waals surface area contributed by atoms with Crippen LogP contribution in [0.15, 0.2) is 72.1 Å². The molecule has 0 aliphatic rings. The highest BCUT2D eigenvalue weighted by molar-refractivity contribution is 7.19. The first-order chi connectivity index (χ1) is 14.1. The van der Waals surface area contributed by atoms with Crippen molar-refractivity contribution >= 4 is 39.7 Å². The third-order valence-electron chi connectivity index (χ3n) is 4.23. The Morgan fingerprint density at radius 3 is 2.38 bits per heavy atom. The number of thiophene rings is 1. The van der Waals surface area contributed by atoms with Gasteiger partial charge in [-0.25, -0.2) is 9.78 Å². The summed E-state index contributed by atoms with van der Waals surface area (Å²) in [6, 6.07) is 20.3. The summed E-state index contributed by atoms with van der Waals surface area (Å²) >= 11 is 2.96. The molecule has 29 heavy (non-hydrogen) atoms. The van der Waals surface area contributed by atoms with Crippen LogP contribution in [0.1, 0.15) is 15.9 Å². The number of hydrogen-bond donors (Lipinski definition) is 2. The monoisotopic (exact) mass is 420 g/mol. The molecule has 0 radical (unpaired) electrons. The fourth-order valence-corrected chi connectivity index (χ4v) is 4.57. The van der Waals surface area contributed by atoms with Crippen LogP contribution < -0.4 is 5.32 Å². The molecule has 2 N–H and O–H groups in total. The molecule has 2 aromatic heterocycles. The molecule has 0 atom stereocenters. The number of aromatic nitrogens is 1. The number of amides is 1. The van der Waals surface area contributed by atoms with Gasteiger partial charge in [0.05, 0.1) is 22.6 Å². The molecule has 0 aliphatic carbocycles. The lowest BCUT2D eigenvalue weighted by Crippen LogP contribution is -2.14. The van der Waals surface area contributed by atoms with Crippen LogP contribution in [0.4, 0.5) is 5.13 Å². The molecule has 5 nitrogen and oxygen atoms in total. The number of benzene rings is 2. The predicted octanol–water partition coefficient (Wildman–Crippen LogP) is 5.42. The van der Waals surface area contributed by atoms with Crippen molar-refractivity contribution in [1.82, 2.24) is 4.98 Å². The summed E-state index contributed by atoms with van der Waals surface area (Å²) < 4.78 is 0. The molecule has 0 fully saturated rings. The van der Waals surface area contributed by atoms with Crippen LogP contribution in [0.3, 0.4) is 0 Å². The van der Waals surface area contributed by atoms with E-state index in [1.807, 2.05) is 47.8 Å². The van der Waals surface area contributed by atoms with E-state index < -0.39 is 5.97 Å². The maximum Gasteiger partial charge on any atom is 0.335 e. The molecule has 2 heterocycles. The van der Waals surface area contributed by atoms with Gasteiger partial charge in [0.2, 0.25) is 5.91 Å². The number of carboxylic acids is 1. The summed E-state index contributed by atoms with van der Waals surface area (Å²) in [6.45, 7) is 0. The smallest absolute Gasteiger partial charge is 0.335 e. The van der Waals surface area contributed by atoms with Crippen molar-refractivity contribution in [2.24, 2.45) is 0 Å². The minimum atomic E-state index is -0.937. The minimum Gasteiger partial charge on any atom is -0.478 e. The summed E-state index contributed by atoms with van der Waals surface area (Å²) in [4.78, 5) is 29.7. The molecular formula is C22H16N2O3S2. The molecule has 0 saturated carbocycles. The Kier molecular flexibility index (Phi) is 5.50. The Morgan fingerprint density at radius 1 is 0.931 bits per heavy atom. The van der Waals surface area contributed by atoms with Gasteiger partial charge in [-0.1, -0.05) is 42.5 Å². The quantitative estimate of drug-likeness (QED) is 0.437. The molecule has 1 amide bonds. The highest BCUT2D eigenvalue weighted by Gasteiger charge is 2.12. The molecule has 144 valence electrons. The van der Waals surface area contributed by atoms with Gasteiger partial charge < -0.3 is 10.4 Å². The van der Waals surface area contributed by atoms with Crippen molar-refractivity contribution in [2.45, 2.75) is 6.42 Å². The molecule has 7 heteroatoms. The lowest BCUT2D eigenvalue weighted by atomic mass is 10.1. The van der Waals surface area contributed by atoms with E-state index in [9.17, 15) is 9.59 Å². The van der Waals surface area contributed by atoms with Crippen molar-refractivity contribution in [3.05, 3.63) is 83.2 Å². The molecule has 0 spiro atoms. The molecule has 0 aliphatic heterocycles. The number of carboxylic acid groups (broad SMARTS) is 1. The zero-order valence-electron chi connectivity index (χ0n) is 15.2. The van der Waals surface area contributed by atoms with E-state index in [4.69, 9.17) is 5.11 Å². The molecule has 0 saturated heterocycles. The third kappa shape index (κ3) is 4.59. The van der Waals surface area contributed by atoms with Crippen LogP contribution in [0.5, 0.6) is 0 Å². The maximum absolute atomic E-state index is 12.2. The summed E-state index contributed by atoms with van der Waals surface area (Å²) in [5, 5.41) is 14.4. The van der Waals surface area contributed by atoms with Crippen molar-refractivity contribution in [3.8, 4) is 21.0 Å². The van der Waals surface area contributed by atoms with Crippen LogP contribution in [0, 0.1) is 0 Å². The zero-order valence-corrected chi connectivity index (χ0v) is 16.8. The number of anilines is 1. The summed E-state index contributed by atoms with van der Waals surface area (Å²) in [7, 11) is 0. The van der Waals surface area contributed by atoms with Crippen molar-refractivity contribution in [3.63, 3.8) is 0 Å². The van der Waals surface area contributed by atoms with Crippen LogP contribution in [0.25, 0.3) is 21.0 Å². The first kappa shape index (κ1) is 19.0. The Bertz CT molecular complexity index is 1150. The van der Waals surface area contributed by atoms with Gasteiger partial charge in [-0.2, -0.15) is 0 Å². The zero-order chi connectivity index (χ0) is 20.2. The second kappa shape index (κ2) is 8.38. The molecule has 0 unspecified atom stereocenters. The second-order valence-corrected chi connectivity index (χ2v) is 8.24. The summed E-state index contributed by atoms with van der Waals surface area (Å²) in [5.41, 5.74) is 2.99. The highest BCUT2D eigenvalue weighted by Crippen LogP contribution is 2.35. The Hall–Kier alpha value is -3.29. The van der Waals surface area contributed by atoms with E-state index in [-0.39, 0.29) is 11.5 Å². The number of nitrogens with one attached hydrogen (secondary N) is 1. The third-order valence-corrected chi connectivity index (χ3v) is 6.15. The number of thiazole rings is 1. The first-order valence-corrected chi connectivity index (χ1v) is 10.5. The topological polar surface area (TPSA) is 79.3 Å². The SMILES string of the molecule is O=C(Cc1ccccc1)Nc1nc(-c2ccc(-c3ccc(C(=O)O)cc3)s2)cs1. The molecular weight excluding hydrogens is 404 g/mol. The normalized spacial score (nSPS) is 10.6. The van der Waals surface area contributed by atoms with E-state index in [1.54, 1.807) is 35.6 Å². The number of rotatable bonds is 6. The van der Waals surface area contributed by atoms with E-state index in [0.29, 0.717) is 11.6 Å². The van der Waals surface area contributed by atoms with Crippen molar-refractivity contribution in [2.75, 3.05) is 5.32 Å². The predicted molar refractivity (Wildman–Crippen MR) is 117 cm³/mol. The standard InChI is InChI=1S/C22H16N2O3S2/c25-20(12-14-4-2-1-3-5-14)24-22-23-17(13-28-22)19-11-10-18(29-19)15-6-8-16(9-7-15)21(26)27/h1-11,13H,12H2,(H,26,27)(H,23,24,25). The van der Waals surface area contributed by atoms with E-state index >= 15 is 0 Å². The maximum atomic E-state index is 12.2. The van der Waals surface area contributed by atoms with Crippen molar-refractivity contribution in [1.29, 1.82) is 0 Å². The van der Waals surface area contributed by atoms with E-state index in [1.165, 1.54) is 11.3 Å². The van der Waals surface area contributed by atoms with Gasteiger partial charge in [-0.3, -0.25) is 4.79 Å². The lowest BCUT2D eigenvalue weighted by Gasteiger charge is -2.01. The van der Waals surface area contributed by atoms with E-state index in [2.05, 4.69) is 10.3 Å². The van der Waals surface area contributed by atoms with Gasteiger partial charge in [-0.15, -0.1) is 22.7 Å². The van der Waals surface area contributed by atoms with Crippen LogP contribution >= 0.6 is 22.7 Å². The number of hydrogen-bond acceptors (Lipinski definition) is 5. The van der Waals surface area contributed by atoms with Gasteiger partial charge in [0.25, 0.3) is 0 Å². The van der Waals surface area contributed by atoms with Gasteiger partial charge in [-0.05, 0) is 35.4 Å². The number of nitrogens with zero attached hydrogens (tertiary/aromatic N) is 1. The summed E-state index contributed by atoms with van der Waals surface area (Å²) in [5.74, 6) is -1.03. The molecule has 4 aromatic rings. The van der Waals surface area contributed by atoms with Gasteiger partial charge >= 0.3 is 5.97 Å². The van der Waals surface area contributed by atoms with Gasteiger partial charge in [0, 0.05) is 10.3 Å². The van der Waals surface area contributed by atoms with E-state index in [0.717, 1.165) is 26.6 Å². The first-order valence-electron chi connectivity index (χ1n) is 8.82.